The average Bonchev–Trinajstić information content (AvgIpc) is 2.94. The van der Waals surface area contributed by atoms with Crippen molar-refractivity contribution in [1.29, 1.82) is 0 Å². The summed E-state index contributed by atoms with van der Waals surface area (Å²) in [4.78, 5) is 8.29. The molecule has 3 aromatic heterocycles. The van der Waals surface area contributed by atoms with Gasteiger partial charge < -0.3 is 9.84 Å². The zero-order valence-corrected chi connectivity index (χ0v) is 10.1. The van der Waals surface area contributed by atoms with Gasteiger partial charge in [-0.2, -0.15) is 14.6 Å². The monoisotopic (exact) mass is 244 g/mol. The maximum Gasteiger partial charge on any atom is 0.223 e. The van der Waals surface area contributed by atoms with Gasteiger partial charge in [-0.15, -0.1) is 0 Å². The van der Waals surface area contributed by atoms with E-state index < -0.39 is 0 Å². The normalized spacial score (nSPS) is 11.0. The lowest BCUT2D eigenvalue weighted by atomic mass is 10.3. The predicted molar refractivity (Wildman–Crippen MR) is 64.1 cm³/mol. The molecule has 3 heterocycles. The highest BCUT2D eigenvalue weighted by atomic mass is 16.5. The van der Waals surface area contributed by atoms with Crippen molar-refractivity contribution in [1.82, 2.24) is 24.7 Å². The predicted octanol–water partition coefficient (Wildman–Crippen LogP) is 1.34. The van der Waals surface area contributed by atoms with Crippen LogP contribution in [0.25, 0.3) is 5.65 Å². The Balaban J connectivity index is 1.87. The van der Waals surface area contributed by atoms with Crippen LogP contribution in [0.1, 0.15) is 17.3 Å². The lowest BCUT2D eigenvalue weighted by Gasteiger charge is -2.06. The van der Waals surface area contributed by atoms with Crippen LogP contribution >= 0.6 is 0 Å². The van der Waals surface area contributed by atoms with E-state index in [1.165, 1.54) is 6.33 Å². The Hall–Kier alpha value is -2.44. The van der Waals surface area contributed by atoms with Crippen LogP contribution in [0.3, 0.4) is 0 Å². The number of anilines is 1. The molecule has 0 amide bonds. The number of hydrogen-bond donors (Lipinski definition) is 1. The lowest BCUT2D eigenvalue weighted by Crippen LogP contribution is -2.06. The quantitative estimate of drug-likeness (QED) is 0.748. The van der Waals surface area contributed by atoms with Crippen LogP contribution in [0.15, 0.2) is 23.0 Å². The summed E-state index contributed by atoms with van der Waals surface area (Å²) in [5.74, 6) is 2.02. The summed E-state index contributed by atoms with van der Waals surface area (Å²) in [6.45, 7) is 4.26. The van der Waals surface area contributed by atoms with Crippen LogP contribution in [0, 0.1) is 13.8 Å². The molecular formula is C11H12N6O. The minimum Gasteiger partial charge on any atom is -0.363 e. The topological polar surface area (TPSA) is 81.1 Å². The molecule has 0 radical (unpaired) electrons. The van der Waals surface area contributed by atoms with E-state index in [2.05, 4.69) is 25.5 Å². The van der Waals surface area contributed by atoms with Crippen molar-refractivity contribution in [3.05, 3.63) is 35.7 Å². The van der Waals surface area contributed by atoms with Crippen LogP contribution < -0.4 is 5.32 Å². The van der Waals surface area contributed by atoms with Crippen molar-refractivity contribution in [2.45, 2.75) is 20.4 Å². The van der Waals surface area contributed by atoms with E-state index in [-0.39, 0.29) is 0 Å². The molecule has 0 aromatic carbocycles. The Morgan fingerprint density at radius 2 is 2.22 bits per heavy atom. The van der Waals surface area contributed by atoms with Crippen LogP contribution in [-0.4, -0.2) is 24.7 Å². The summed E-state index contributed by atoms with van der Waals surface area (Å²) in [7, 11) is 0. The number of aryl methyl sites for hydroxylation is 2. The lowest BCUT2D eigenvalue weighted by molar-refractivity contribution is 0.388. The van der Waals surface area contributed by atoms with Gasteiger partial charge in [-0.1, -0.05) is 5.16 Å². The highest BCUT2D eigenvalue weighted by Crippen LogP contribution is 2.13. The second-order valence-corrected chi connectivity index (χ2v) is 4.03. The minimum absolute atomic E-state index is 0.482. The van der Waals surface area contributed by atoms with Crippen molar-refractivity contribution in [3.63, 3.8) is 0 Å². The summed E-state index contributed by atoms with van der Waals surface area (Å²) in [5.41, 5.74) is 1.92. The van der Waals surface area contributed by atoms with E-state index in [1.54, 1.807) is 11.4 Å². The van der Waals surface area contributed by atoms with Crippen molar-refractivity contribution < 1.29 is 4.52 Å². The van der Waals surface area contributed by atoms with E-state index in [9.17, 15) is 0 Å². The first kappa shape index (κ1) is 10.7. The van der Waals surface area contributed by atoms with Crippen molar-refractivity contribution in [2.24, 2.45) is 0 Å². The highest BCUT2D eigenvalue weighted by molar-refractivity contribution is 5.51. The van der Waals surface area contributed by atoms with Crippen LogP contribution in [0.5, 0.6) is 0 Å². The molecule has 0 unspecified atom stereocenters. The third-order valence-corrected chi connectivity index (χ3v) is 2.52. The number of aromatic nitrogens is 5. The molecular weight excluding hydrogens is 232 g/mol. The van der Waals surface area contributed by atoms with Crippen molar-refractivity contribution >= 4 is 11.5 Å². The standard InChI is InChI=1S/C11H12N6O/c1-7-3-10(17-11(4-7)13-6-14-17)12-5-9-15-8(2)18-16-9/h3-4,6,12H,5H2,1-2H3. The molecule has 0 saturated carbocycles. The maximum absolute atomic E-state index is 4.91. The second-order valence-electron chi connectivity index (χ2n) is 4.03. The van der Waals surface area contributed by atoms with E-state index in [0.717, 1.165) is 17.0 Å². The molecule has 3 rings (SSSR count). The molecule has 7 heteroatoms. The summed E-state index contributed by atoms with van der Waals surface area (Å²) < 4.78 is 6.65. The zero-order chi connectivity index (χ0) is 12.5. The van der Waals surface area contributed by atoms with Gasteiger partial charge in [0.1, 0.15) is 12.1 Å². The largest absolute Gasteiger partial charge is 0.363 e. The fourth-order valence-corrected chi connectivity index (χ4v) is 1.77. The minimum atomic E-state index is 0.482. The molecule has 0 aliphatic rings. The molecule has 0 spiro atoms. The SMILES string of the molecule is Cc1cc(NCc2noc(C)n2)n2ncnc2c1. The van der Waals surface area contributed by atoms with E-state index in [4.69, 9.17) is 4.52 Å². The Kier molecular flexibility index (Phi) is 2.44. The molecule has 0 aliphatic heterocycles. The molecule has 7 nitrogen and oxygen atoms in total. The molecule has 0 saturated heterocycles. The molecule has 0 aliphatic carbocycles. The van der Waals surface area contributed by atoms with Crippen molar-refractivity contribution in [3.8, 4) is 0 Å². The number of nitrogens with one attached hydrogen (secondary N) is 1. The number of pyridine rings is 1. The summed E-state index contributed by atoms with van der Waals surface area (Å²) in [6, 6.07) is 3.96. The van der Waals surface area contributed by atoms with E-state index in [0.29, 0.717) is 18.3 Å². The summed E-state index contributed by atoms with van der Waals surface area (Å²) in [6.07, 6.45) is 1.53. The molecule has 3 aromatic rings. The van der Waals surface area contributed by atoms with Gasteiger partial charge in [0.2, 0.25) is 5.89 Å². The smallest absolute Gasteiger partial charge is 0.223 e. The van der Waals surface area contributed by atoms with Gasteiger partial charge in [0.05, 0.1) is 6.54 Å². The average molecular weight is 244 g/mol. The van der Waals surface area contributed by atoms with Crippen LogP contribution in [0.2, 0.25) is 0 Å². The summed E-state index contributed by atoms with van der Waals surface area (Å²) >= 11 is 0. The van der Waals surface area contributed by atoms with E-state index in [1.807, 2.05) is 19.1 Å². The van der Waals surface area contributed by atoms with Crippen molar-refractivity contribution in [2.75, 3.05) is 5.32 Å². The first-order chi connectivity index (χ1) is 8.72. The first-order valence-electron chi connectivity index (χ1n) is 5.56. The van der Waals surface area contributed by atoms with Gasteiger partial charge in [0, 0.05) is 6.92 Å². The van der Waals surface area contributed by atoms with Gasteiger partial charge in [-0.3, -0.25) is 0 Å². The highest BCUT2D eigenvalue weighted by Gasteiger charge is 2.06. The Morgan fingerprint density at radius 1 is 1.33 bits per heavy atom. The van der Waals surface area contributed by atoms with Gasteiger partial charge in [-0.25, -0.2) is 4.98 Å². The number of fused-ring (bicyclic) bond motifs is 1. The molecule has 0 atom stereocenters. The van der Waals surface area contributed by atoms with E-state index >= 15 is 0 Å². The molecule has 0 bridgehead atoms. The number of rotatable bonds is 3. The fraction of sp³-hybridized carbons (Fsp3) is 0.273. The Labute approximate surface area is 103 Å². The number of hydrogen-bond acceptors (Lipinski definition) is 6. The summed E-state index contributed by atoms with van der Waals surface area (Å²) in [5, 5.41) is 11.2. The molecule has 1 N–H and O–H groups in total. The Bertz CT molecular complexity index is 686. The number of nitrogens with zero attached hydrogens (tertiary/aromatic N) is 5. The molecule has 92 valence electrons. The molecule has 18 heavy (non-hydrogen) atoms. The first-order valence-corrected chi connectivity index (χ1v) is 5.56. The van der Waals surface area contributed by atoms with Gasteiger partial charge in [-0.05, 0) is 24.6 Å². The third-order valence-electron chi connectivity index (χ3n) is 2.52. The fourth-order valence-electron chi connectivity index (χ4n) is 1.77. The third kappa shape index (κ3) is 1.90. The second kappa shape index (κ2) is 4.10. The van der Waals surface area contributed by atoms with Crippen LogP contribution in [0.4, 0.5) is 5.82 Å². The Morgan fingerprint density at radius 3 is 3.00 bits per heavy atom. The molecule has 0 fully saturated rings. The van der Waals surface area contributed by atoms with Gasteiger partial charge >= 0.3 is 0 Å². The zero-order valence-electron chi connectivity index (χ0n) is 10.1. The van der Waals surface area contributed by atoms with Gasteiger partial charge in [0.25, 0.3) is 0 Å². The van der Waals surface area contributed by atoms with Crippen LogP contribution in [-0.2, 0) is 6.54 Å². The maximum atomic E-state index is 4.91. The van der Waals surface area contributed by atoms with Gasteiger partial charge in [0.15, 0.2) is 11.5 Å².